The fraction of sp³-hybridized carbons (Fsp3) is 0.538. The zero-order valence-corrected chi connectivity index (χ0v) is 12.7. The molecule has 6 nitrogen and oxygen atoms in total. The number of benzene rings is 1. The number of piperazine rings is 1. The van der Waals surface area contributed by atoms with E-state index in [9.17, 15) is 8.42 Å². The maximum absolute atomic E-state index is 11.7. The Bertz CT molecular complexity index is 588. The molecule has 1 aromatic rings. The topological polar surface area (TPSA) is 92.7 Å². The van der Waals surface area contributed by atoms with Gasteiger partial charge in [0.1, 0.15) is 4.90 Å². The number of hydrogen-bond acceptors (Lipinski definition) is 5. The Hall–Kier alpha value is -1.31. The third-order valence-electron chi connectivity index (χ3n) is 3.80. The number of primary sulfonamides is 1. The number of hydrogen-bond donors (Lipinski definition) is 2. The van der Waals surface area contributed by atoms with Crippen LogP contribution in [0, 0.1) is 0 Å². The summed E-state index contributed by atoms with van der Waals surface area (Å²) in [6.45, 7) is 7.74. The zero-order chi connectivity index (χ0) is 14.9. The van der Waals surface area contributed by atoms with Gasteiger partial charge in [-0.15, -0.1) is 0 Å². The highest BCUT2D eigenvalue weighted by atomic mass is 32.2. The van der Waals surface area contributed by atoms with Crippen molar-refractivity contribution in [3.8, 4) is 0 Å². The molecular formula is C13H22N4O2S. The van der Waals surface area contributed by atoms with Gasteiger partial charge in [-0.3, -0.25) is 4.90 Å². The Balaban J connectivity index is 2.35. The van der Waals surface area contributed by atoms with Gasteiger partial charge in [-0.05, 0) is 31.7 Å². The van der Waals surface area contributed by atoms with Gasteiger partial charge in [0, 0.05) is 31.4 Å². The molecule has 112 valence electrons. The largest absolute Gasteiger partial charge is 0.399 e. The molecule has 0 bridgehead atoms. The van der Waals surface area contributed by atoms with Gasteiger partial charge in [-0.2, -0.15) is 0 Å². The molecular weight excluding hydrogens is 276 g/mol. The lowest BCUT2D eigenvalue weighted by Gasteiger charge is -2.41. The lowest BCUT2D eigenvalue weighted by molar-refractivity contribution is 0.199. The van der Waals surface area contributed by atoms with E-state index in [2.05, 4.69) is 23.6 Å². The summed E-state index contributed by atoms with van der Waals surface area (Å²) >= 11 is 0. The van der Waals surface area contributed by atoms with E-state index >= 15 is 0 Å². The first-order chi connectivity index (χ1) is 9.32. The van der Waals surface area contributed by atoms with Crippen molar-refractivity contribution in [3.63, 3.8) is 0 Å². The Morgan fingerprint density at radius 1 is 1.35 bits per heavy atom. The van der Waals surface area contributed by atoms with E-state index in [0.717, 1.165) is 26.2 Å². The van der Waals surface area contributed by atoms with Gasteiger partial charge >= 0.3 is 0 Å². The van der Waals surface area contributed by atoms with E-state index in [4.69, 9.17) is 10.9 Å². The van der Waals surface area contributed by atoms with Gasteiger partial charge in [0.15, 0.2) is 0 Å². The minimum atomic E-state index is -3.78. The van der Waals surface area contributed by atoms with Crippen LogP contribution in [-0.2, 0) is 10.0 Å². The monoisotopic (exact) mass is 298 g/mol. The smallest absolute Gasteiger partial charge is 0.240 e. The highest BCUT2D eigenvalue weighted by Gasteiger charge is 2.26. The molecule has 1 aliphatic heterocycles. The van der Waals surface area contributed by atoms with Gasteiger partial charge in [-0.25, -0.2) is 13.6 Å². The molecule has 1 aliphatic rings. The van der Waals surface area contributed by atoms with Crippen LogP contribution in [0.15, 0.2) is 23.1 Å². The predicted molar refractivity (Wildman–Crippen MR) is 81.1 cm³/mol. The second-order valence-electron chi connectivity index (χ2n) is 5.20. The molecule has 1 atom stereocenters. The van der Waals surface area contributed by atoms with E-state index < -0.39 is 10.0 Å². The van der Waals surface area contributed by atoms with Crippen molar-refractivity contribution in [2.45, 2.75) is 24.8 Å². The molecule has 7 heteroatoms. The summed E-state index contributed by atoms with van der Waals surface area (Å²) in [6, 6.07) is 5.26. The first kappa shape index (κ1) is 15.1. The van der Waals surface area contributed by atoms with Crippen molar-refractivity contribution in [2.75, 3.05) is 36.8 Å². The van der Waals surface area contributed by atoms with Crippen molar-refractivity contribution in [2.24, 2.45) is 5.14 Å². The maximum atomic E-state index is 11.7. The molecule has 0 amide bonds. The third-order valence-corrected chi connectivity index (χ3v) is 4.74. The highest BCUT2D eigenvalue weighted by molar-refractivity contribution is 7.89. The number of sulfonamides is 1. The van der Waals surface area contributed by atoms with Crippen molar-refractivity contribution in [3.05, 3.63) is 18.2 Å². The van der Waals surface area contributed by atoms with E-state index in [0.29, 0.717) is 17.4 Å². The number of nitrogens with zero attached hydrogens (tertiary/aromatic N) is 2. The Morgan fingerprint density at radius 2 is 2.05 bits per heavy atom. The molecule has 0 saturated carbocycles. The highest BCUT2D eigenvalue weighted by Crippen LogP contribution is 2.28. The summed E-state index contributed by atoms with van der Waals surface area (Å²) in [4.78, 5) is 4.54. The molecule has 0 spiro atoms. The lowest BCUT2D eigenvalue weighted by atomic mass is 10.1. The van der Waals surface area contributed by atoms with Gasteiger partial charge in [0.2, 0.25) is 10.0 Å². The molecule has 1 fully saturated rings. The Labute approximate surface area is 120 Å². The molecule has 1 unspecified atom stereocenters. The molecule has 0 aromatic heterocycles. The van der Waals surface area contributed by atoms with Crippen LogP contribution in [0.1, 0.15) is 13.8 Å². The second kappa shape index (κ2) is 5.59. The van der Waals surface area contributed by atoms with E-state index in [1.807, 2.05) is 0 Å². The minimum Gasteiger partial charge on any atom is -0.399 e. The zero-order valence-electron chi connectivity index (χ0n) is 11.9. The van der Waals surface area contributed by atoms with E-state index in [1.165, 1.54) is 6.07 Å². The van der Waals surface area contributed by atoms with Gasteiger partial charge in [0.25, 0.3) is 0 Å². The molecule has 0 aliphatic carbocycles. The van der Waals surface area contributed by atoms with Crippen molar-refractivity contribution < 1.29 is 8.42 Å². The van der Waals surface area contributed by atoms with E-state index in [-0.39, 0.29) is 4.90 Å². The molecule has 2 rings (SSSR count). The fourth-order valence-electron chi connectivity index (χ4n) is 2.70. The number of likely N-dealkylation sites (N-methyl/N-ethyl adjacent to an activating group) is 1. The Kier molecular flexibility index (Phi) is 4.22. The summed E-state index contributed by atoms with van der Waals surface area (Å²) in [6.07, 6.45) is 0. The summed E-state index contributed by atoms with van der Waals surface area (Å²) in [5, 5.41) is 5.30. The number of anilines is 2. The molecule has 0 radical (unpaired) electrons. The summed E-state index contributed by atoms with van der Waals surface area (Å²) in [5.41, 5.74) is 6.72. The van der Waals surface area contributed by atoms with Crippen molar-refractivity contribution in [1.29, 1.82) is 0 Å². The first-order valence-corrected chi connectivity index (χ1v) is 8.29. The number of nitrogen functional groups attached to an aromatic ring is 1. The molecule has 4 N–H and O–H groups in total. The summed E-state index contributed by atoms with van der Waals surface area (Å²) in [7, 11) is -3.78. The number of nitrogens with two attached hydrogens (primary N) is 2. The number of rotatable bonds is 3. The van der Waals surface area contributed by atoms with Crippen LogP contribution in [0.3, 0.4) is 0 Å². The molecule has 20 heavy (non-hydrogen) atoms. The van der Waals surface area contributed by atoms with Gasteiger partial charge in [-0.1, -0.05) is 6.92 Å². The van der Waals surface area contributed by atoms with Crippen LogP contribution in [0.5, 0.6) is 0 Å². The molecule has 1 heterocycles. The SMILES string of the molecule is CCN1CCN(c2ccc(N)cc2S(N)(=O)=O)CC1C. The quantitative estimate of drug-likeness (QED) is 0.790. The standard InChI is InChI=1S/C13H22N4O2S/c1-3-16-6-7-17(9-10(16)2)12-5-4-11(14)8-13(12)20(15,18)19/h4-5,8,10H,3,6-7,9,14H2,1-2H3,(H2,15,18,19). The Morgan fingerprint density at radius 3 is 2.60 bits per heavy atom. The maximum Gasteiger partial charge on any atom is 0.240 e. The summed E-state index contributed by atoms with van der Waals surface area (Å²) < 4.78 is 23.5. The van der Waals surface area contributed by atoms with Crippen molar-refractivity contribution >= 4 is 21.4 Å². The van der Waals surface area contributed by atoms with Crippen molar-refractivity contribution in [1.82, 2.24) is 4.90 Å². The first-order valence-electron chi connectivity index (χ1n) is 6.74. The predicted octanol–water partition coefficient (Wildman–Crippen LogP) is 0.447. The van der Waals surface area contributed by atoms with Crippen LogP contribution in [0.4, 0.5) is 11.4 Å². The normalized spacial score (nSPS) is 21.1. The fourth-order valence-corrected chi connectivity index (χ4v) is 3.49. The van der Waals surface area contributed by atoms with Gasteiger partial charge < -0.3 is 10.6 Å². The third kappa shape index (κ3) is 3.05. The second-order valence-corrected chi connectivity index (χ2v) is 6.73. The molecule has 1 saturated heterocycles. The average molecular weight is 298 g/mol. The lowest BCUT2D eigenvalue weighted by Crippen LogP contribution is -2.52. The minimum absolute atomic E-state index is 0.106. The van der Waals surface area contributed by atoms with Crippen LogP contribution >= 0.6 is 0 Å². The van der Waals surface area contributed by atoms with Crippen LogP contribution in [-0.4, -0.2) is 45.5 Å². The van der Waals surface area contributed by atoms with Crippen LogP contribution in [0.25, 0.3) is 0 Å². The van der Waals surface area contributed by atoms with Crippen LogP contribution < -0.4 is 15.8 Å². The van der Waals surface area contributed by atoms with E-state index in [1.54, 1.807) is 12.1 Å². The average Bonchev–Trinajstić information content (AvgIpc) is 2.37. The van der Waals surface area contributed by atoms with Crippen LogP contribution in [0.2, 0.25) is 0 Å². The summed E-state index contributed by atoms with van der Waals surface area (Å²) in [5.74, 6) is 0. The molecule has 1 aromatic carbocycles. The van der Waals surface area contributed by atoms with Gasteiger partial charge in [0.05, 0.1) is 5.69 Å².